The SMILES string of the molecule is CC(=O)c1ccc(NC(C)=C2C(=O)C[C@@H]3[C@@H]2C3(C)C)cc1. The molecule has 21 heavy (non-hydrogen) atoms. The van der Waals surface area contributed by atoms with Gasteiger partial charge in [-0.05, 0) is 55.4 Å². The maximum Gasteiger partial charge on any atom is 0.161 e. The minimum atomic E-state index is 0.0603. The van der Waals surface area contributed by atoms with Crippen LogP contribution >= 0.6 is 0 Å². The Kier molecular flexibility index (Phi) is 3.05. The fourth-order valence-electron chi connectivity index (χ4n) is 3.70. The Morgan fingerprint density at radius 2 is 1.81 bits per heavy atom. The number of carbonyl (C=O) groups is 2. The normalized spacial score (nSPS) is 28.1. The van der Waals surface area contributed by atoms with Crippen LogP contribution in [0.2, 0.25) is 0 Å². The third kappa shape index (κ3) is 2.21. The largest absolute Gasteiger partial charge is 0.359 e. The topological polar surface area (TPSA) is 46.2 Å². The summed E-state index contributed by atoms with van der Waals surface area (Å²) in [4.78, 5) is 23.4. The zero-order valence-corrected chi connectivity index (χ0v) is 13.0. The van der Waals surface area contributed by atoms with E-state index in [0.717, 1.165) is 17.0 Å². The highest BCUT2D eigenvalue weighted by Gasteiger charge is 2.65. The molecule has 2 fully saturated rings. The van der Waals surface area contributed by atoms with Crippen LogP contribution in [-0.4, -0.2) is 11.6 Å². The lowest BCUT2D eigenvalue weighted by molar-refractivity contribution is -0.115. The molecule has 1 N–H and O–H groups in total. The number of ketones is 2. The quantitative estimate of drug-likeness (QED) is 0.677. The summed E-state index contributed by atoms with van der Waals surface area (Å²) in [7, 11) is 0. The van der Waals surface area contributed by atoms with Crippen molar-refractivity contribution >= 4 is 17.3 Å². The van der Waals surface area contributed by atoms with Crippen LogP contribution in [0.1, 0.15) is 44.5 Å². The monoisotopic (exact) mass is 283 g/mol. The molecule has 2 aliphatic rings. The van der Waals surface area contributed by atoms with E-state index in [1.807, 2.05) is 31.2 Å². The number of Topliss-reactive ketones (excluding diaryl/α,β-unsaturated/α-hetero) is 2. The standard InChI is InChI=1S/C18H21NO2/c1-10(16-15(21)9-14-17(16)18(14,3)4)19-13-7-5-12(6-8-13)11(2)20/h5-8,14,17,19H,9H2,1-4H3/t14-,17+/m1/s1. The fraction of sp³-hybridized carbons (Fsp3) is 0.444. The van der Waals surface area contributed by atoms with Gasteiger partial charge in [0.1, 0.15) is 0 Å². The van der Waals surface area contributed by atoms with Crippen LogP contribution in [-0.2, 0) is 4.79 Å². The molecule has 0 aromatic heterocycles. The summed E-state index contributed by atoms with van der Waals surface area (Å²) in [6.07, 6.45) is 0.690. The molecule has 0 spiro atoms. The molecule has 1 aromatic rings. The molecule has 0 bridgehead atoms. The highest BCUT2D eigenvalue weighted by molar-refractivity contribution is 6.01. The van der Waals surface area contributed by atoms with Crippen LogP contribution in [0.4, 0.5) is 5.69 Å². The van der Waals surface area contributed by atoms with E-state index in [1.165, 1.54) is 0 Å². The molecule has 3 heteroatoms. The molecule has 0 unspecified atom stereocenters. The molecule has 2 aliphatic carbocycles. The first-order valence-corrected chi connectivity index (χ1v) is 7.44. The lowest BCUT2D eigenvalue weighted by Gasteiger charge is -2.14. The molecular weight excluding hydrogens is 262 g/mol. The number of benzene rings is 1. The number of hydrogen-bond donors (Lipinski definition) is 1. The summed E-state index contributed by atoms with van der Waals surface area (Å²) in [5.41, 5.74) is 3.81. The van der Waals surface area contributed by atoms with E-state index in [0.29, 0.717) is 23.8 Å². The van der Waals surface area contributed by atoms with Gasteiger partial charge in [0.15, 0.2) is 11.6 Å². The first-order valence-electron chi connectivity index (χ1n) is 7.44. The Hall–Kier alpha value is -1.90. The van der Waals surface area contributed by atoms with E-state index < -0.39 is 0 Å². The van der Waals surface area contributed by atoms with E-state index >= 15 is 0 Å². The number of rotatable bonds is 3. The second kappa shape index (κ2) is 4.55. The number of nitrogens with one attached hydrogen (secondary N) is 1. The molecule has 0 amide bonds. The van der Waals surface area contributed by atoms with Gasteiger partial charge in [-0.1, -0.05) is 13.8 Å². The summed E-state index contributed by atoms with van der Waals surface area (Å²) in [6.45, 7) is 8.01. The third-order valence-electron chi connectivity index (χ3n) is 5.09. The average molecular weight is 283 g/mol. The predicted molar refractivity (Wildman–Crippen MR) is 83.2 cm³/mol. The van der Waals surface area contributed by atoms with Gasteiger partial charge in [0.2, 0.25) is 0 Å². The number of allylic oxidation sites excluding steroid dienone is 2. The summed E-state index contributed by atoms with van der Waals surface area (Å²) in [5.74, 6) is 1.28. The second-order valence-corrected chi connectivity index (χ2v) is 6.83. The fourth-order valence-corrected chi connectivity index (χ4v) is 3.70. The lowest BCUT2D eigenvalue weighted by Crippen LogP contribution is -2.12. The Balaban J connectivity index is 1.82. The maximum absolute atomic E-state index is 12.1. The Morgan fingerprint density at radius 3 is 2.33 bits per heavy atom. The van der Waals surface area contributed by atoms with Crippen LogP contribution in [0.5, 0.6) is 0 Å². The molecule has 0 aliphatic heterocycles. The van der Waals surface area contributed by atoms with Crippen molar-refractivity contribution in [3.05, 3.63) is 41.1 Å². The summed E-state index contributed by atoms with van der Waals surface area (Å²) in [5, 5.41) is 3.32. The van der Waals surface area contributed by atoms with Crippen molar-refractivity contribution in [1.82, 2.24) is 0 Å². The van der Waals surface area contributed by atoms with Gasteiger partial charge < -0.3 is 5.32 Å². The first-order chi connectivity index (χ1) is 9.82. The number of fused-ring (bicyclic) bond motifs is 1. The number of hydrogen-bond acceptors (Lipinski definition) is 3. The molecule has 1 aromatic carbocycles. The highest BCUT2D eigenvalue weighted by Crippen LogP contribution is 2.68. The van der Waals surface area contributed by atoms with Crippen LogP contribution in [0.3, 0.4) is 0 Å². The molecule has 0 saturated heterocycles. The van der Waals surface area contributed by atoms with Gasteiger partial charge in [-0.25, -0.2) is 0 Å². The van der Waals surface area contributed by atoms with Gasteiger partial charge >= 0.3 is 0 Å². The van der Waals surface area contributed by atoms with Crippen molar-refractivity contribution in [3.8, 4) is 0 Å². The van der Waals surface area contributed by atoms with Gasteiger partial charge in [0.25, 0.3) is 0 Å². The van der Waals surface area contributed by atoms with Crippen molar-refractivity contribution in [2.75, 3.05) is 5.32 Å². The van der Waals surface area contributed by atoms with E-state index in [1.54, 1.807) is 6.92 Å². The van der Waals surface area contributed by atoms with E-state index in [2.05, 4.69) is 19.2 Å². The van der Waals surface area contributed by atoms with E-state index in [-0.39, 0.29) is 17.0 Å². The zero-order chi connectivity index (χ0) is 15.4. The smallest absolute Gasteiger partial charge is 0.161 e. The third-order valence-corrected chi connectivity index (χ3v) is 5.09. The minimum Gasteiger partial charge on any atom is -0.359 e. The summed E-state index contributed by atoms with van der Waals surface area (Å²) >= 11 is 0. The Labute approximate surface area is 125 Å². The molecule has 0 radical (unpaired) electrons. The van der Waals surface area contributed by atoms with Crippen LogP contribution in [0, 0.1) is 17.3 Å². The van der Waals surface area contributed by atoms with Gasteiger partial charge in [-0.2, -0.15) is 0 Å². The molecular formula is C18H21NO2. The van der Waals surface area contributed by atoms with Gasteiger partial charge in [-0.15, -0.1) is 0 Å². The zero-order valence-electron chi connectivity index (χ0n) is 13.0. The first kappa shape index (κ1) is 14.1. The van der Waals surface area contributed by atoms with E-state index in [4.69, 9.17) is 0 Å². The Morgan fingerprint density at radius 1 is 1.19 bits per heavy atom. The average Bonchev–Trinajstić information content (AvgIpc) is 2.79. The van der Waals surface area contributed by atoms with Crippen LogP contribution in [0.25, 0.3) is 0 Å². The molecule has 3 nitrogen and oxygen atoms in total. The van der Waals surface area contributed by atoms with Crippen LogP contribution in [0.15, 0.2) is 35.5 Å². The van der Waals surface area contributed by atoms with Gasteiger partial charge in [-0.3, -0.25) is 9.59 Å². The van der Waals surface area contributed by atoms with E-state index in [9.17, 15) is 9.59 Å². The van der Waals surface area contributed by atoms with Gasteiger partial charge in [0.05, 0.1) is 0 Å². The van der Waals surface area contributed by atoms with Crippen LogP contribution < -0.4 is 5.32 Å². The number of anilines is 1. The van der Waals surface area contributed by atoms with Crippen molar-refractivity contribution in [3.63, 3.8) is 0 Å². The molecule has 2 atom stereocenters. The predicted octanol–water partition coefficient (Wildman–Crippen LogP) is 3.82. The number of carbonyl (C=O) groups excluding carboxylic acids is 2. The minimum absolute atomic E-state index is 0.0603. The molecule has 2 saturated carbocycles. The van der Waals surface area contributed by atoms with Crippen molar-refractivity contribution in [2.45, 2.75) is 34.1 Å². The summed E-state index contributed by atoms with van der Waals surface area (Å²) < 4.78 is 0. The maximum atomic E-state index is 12.1. The Bertz CT molecular complexity index is 652. The lowest BCUT2D eigenvalue weighted by atomic mass is 9.95. The second-order valence-electron chi connectivity index (χ2n) is 6.83. The summed E-state index contributed by atoms with van der Waals surface area (Å²) in [6, 6.07) is 7.39. The molecule has 110 valence electrons. The van der Waals surface area contributed by atoms with Gasteiger partial charge in [0, 0.05) is 28.9 Å². The van der Waals surface area contributed by atoms with Crippen molar-refractivity contribution in [1.29, 1.82) is 0 Å². The molecule has 3 rings (SSSR count). The van der Waals surface area contributed by atoms with Crippen molar-refractivity contribution < 1.29 is 9.59 Å². The highest BCUT2D eigenvalue weighted by atomic mass is 16.1. The van der Waals surface area contributed by atoms with Crippen molar-refractivity contribution in [2.24, 2.45) is 17.3 Å². The molecule has 0 heterocycles.